The third kappa shape index (κ3) is 4.13. The summed E-state index contributed by atoms with van der Waals surface area (Å²) in [5.41, 5.74) is 7.55. The Kier molecular flexibility index (Phi) is 5.24. The summed E-state index contributed by atoms with van der Waals surface area (Å²) in [7, 11) is 0. The van der Waals surface area contributed by atoms with Crippen LogP contribution in [0.3, 0.4) is 0 Å². The summed E-state index contributed by atoms with van der Waals surface area (Å²) in [6.07, 6.45) is 2.57. The predicted molar refractivity (Wildman–Crippen MR) is 78.8 cm³/mol. The fourth-order valence-electron chi connectivity index (χ4n) is 1.93. The molecule has 1 saturated carbocycles. The molecule has 2 rings (SSSR count). The first-order chi connectivity index (χ1) is 9.72. The Balaban J connectivity index is 1.88. The smallest absolute Gasteiger partial charge is 0.340 e. The topological polar surface area (TPSA) is 73.6 Å². The maximum atomic E-state index is 11.9. The first kappa shape index (κ1) is 14.7. The van der Waals surface area contributed by atoms with Crippen LogP contribution in [0, 0.1) is 5.92 Å². The summed E-state index contributed by atoms with van der Waals surface area (Å²) in [5, 5.41) is 3.16. The van der Waals surface area contributed by atoms with E-state index in [2.05, 4.69) is 5.32 Å². The van der Waals surface area contributed by atoms with Gasteiger partial charge in [0.05, 0.1) is 30.2 Å². The molecule has 0 heterocycles. The van der Waals surface area contributed by atoms with Gasteiger partial charge in [0.15, 0.2) is 0 Å². The molecule has 0 bridgehead atoms. The van der Waals surface area contributed by atoms with Crippen LogP contribution in [-0.4, -0.2) is 32.3 Å². The minimum atomic E-state index is -0.360. The second-order valence-corrected chi connectivity index (χ2v) is 4.94. The van der Waals surface area contributed by atoms with Gasteiger partial charge >= 0.3 is 5.97 Å². The summed E-state index contributed by atoms with van der Waals surface area (Å²) in [6.45, 7) is 4.18. The van der Waals surface area contributed by atoms with E-state index in [-0.39, 0.29) is 5.97 Å². The predicted octanol–water partition coefficient (Wildman–Crippen LogP) is 2.28. The van der Waals surface area contributed by atoms with Gasteiger partial charge < -0.3 is 20.5 Å². The number of nitrogens with one attached hydrogen (secondary N) is 1. The normalized spacial score (nSPS) is 14.1. The highest BCUT2D eigenvalue weighted by Crippen LogP contribution is 2.28. The zero-order valence-electron chi connectivity index (χ0n) is 11.9. The van der Waals surface area contributed by atoms with Crippen LogP contribution in [0.5, 0.6) is 0 Å². The molecule has 20 heavy (non-hydrogen) atoms. The average molecular weight is 278 g/mol. The number of anilines is 2. The van der Waals surface area contributed by atoms with Crippen LogP contribution in [0.1, 0.15) is 30.1 Å². The van der Waals surface area contributed by atoms with Crippen molar-refractivity contribution in [1.29, 1.82) is 0 Å². The number of hydrogen-bond acceptors (Lipinski definition) is 5. The molecular weight excluding hydrogens is 256 g/mol. The lowest BCUT2D eigenvalue weighted by Crippen LogP contribution is -2.15. The minimum absolute atomic E-state index is 0.345. The van der Waals surface area contributed by atoms with Gasteiger partial charge in [0.1, 0.15) is 0 Å². The Morgan fingerprint density at radius 1 is 1.45 bits per heavy atom. The molecule has 5 nitrogen and oxygen atoms in total. The van der Waals surface area contributed by atoms with E-state index in [0.29, 0.717) is 36.7 Å². The summed E-state index contributed by atoms with van der Waals surface area (Å²) >= 11 is 0. The molecule has 1 aromatic rings. The Bertz CT molecular complexity index is 458. The second-order valence-electron chi connectivity index (χ2n) is 4.94. The van der Waals surface area contributed by atoms with Crippen molar-refractivity contribution in [2.24, 2.45) is 5.92 Å². The summed E-state index contributed by atoms with van der Waals surface area (Å²) < 4.78 is 10.6. The van der Waals surface area contributed by atoms with Crippen LogP contribution in [0.2, 0.25) is 0 Å². The summed E-state index contributed by atoms with van der Waals surface area (Å²) in [5.74, 6) is 0.396. The van der Waals surface area contributed by atoms with Crippen molar-refractivity contribution in [3.8, 4) is 0 Å². The van der Waals surface area contributed by atoms with E-state index in [9.17, 15) is 4.79 Å². The Hall–Kier alpha value is -1.75. The molecule has 0 unspecified atom stereocenters. The number of esters is 1. The fraction of sp³-hybridized carbons (Fsp3) is 0.533. The first-order valence-corrected chi connectivity index (χ1v) is 7.09. The van der Waals surface area contributed by atoms with E-state index >= 15 is 0 Å². The van der Waals surface area contributed by atoms with Gasteiger partial charge in [0, 0.05) is 13.2 Å². The van der Waals surface area contributed by atoms with Gasteiger partial charge in [-0.25, -0.2) is 4.79 Å². The molecule has 0 aliphatic heterocycles. The van der Waals surface area contributed by atoms with Gasteiger partial charge in [0.2, 0.25) is 0 Å². The standard InChI is InChI=1S/C15H22N2O3/c1-2-20-15(18)12-4-3-5-13(16)14(12)17-8-9-19-10-11-6-7-11/h3-5,11,17H,2,6-10,16H2,1H3. The van der Waals surface area contributed by atoms with Gasteiger partial charge in [0.25, 0.3) is 0 Å². The highest BCUT2D eigenvalue weighted by atomic mass is 16.5. The lowest BCUT2D eigenvalue weighted by atomic mass is 10.1. The third-order valence-corrected chi connectivity index (χ3v) is 3.19. The van der Waals surface area contributed by atoms with Crippen LogP contribution in [0.15, 0.2) is 18.2 Å². The number of rotatable bonds is 8. The quantitative estimate of drug-likeness (QED) is 0.433. The molecule has 0 radical (unpaired) electrons. The van der Waals surface area contributed by atoms with Gasteiger partial charge in [-0.2, -0.15) is 0 Å². The maximum Gasteiger partial charge on any atom is 0.340 e. The molecule has 0 atom stereocenters. The van der Waals surface area contributed by atoms with E-state index in [1.807, 2.05) is 0 Å². The molecule has 0 spiro atoms. The van der Waals surface area contributed by atoms with Crippen LogP contribution < -0.4 is 11.1 Å². The Labute approximate surface area is 119 Å². The monoisotopic (exact) mass is 278 g/mol. The molecule has 1 aliphatic carbocycles. The summed E-state index contributed by atoms with van der Waals surface area (Å²) in [6, 6.07) is 5.22. The molecule has 1 fully saturated rings. The largest absolute Gasteiger partial charge is 0.462 e. The van der Waals surface area contributed by atoms with Crippen molar-refractivity contribution in [3.05, 3.63) is 23.8 Å². The number of nitrogens with two attached hydrogens (primary N) is 1. The Morgan fingerprint density at radius 2 is 2.25 bits per heavy atom. The number of benzene rings is 1. The van der Waals surface area contributed by atoms with Crippen LogP contribution >= 0.6 is 0 Å². The number of ether oxygens (including phenoxy) is 2. The van der Waals surface area contributed by atoms with Gasteiger partial charge in [-0.1, -0.05) is 6.07 Å². The number of hydrogen-bond donors (Lipinski definition) is 2. The van der Waals surface area contributed by atoms with Gasteiger partial charge in [-0.3, -0.25) is 0 Å². The van der Waals surface area contributed by atoms with E-state index in [4.69, 9.17) is 15.2 Å². The van der Waals surface area contributed by atoms with Crippen LogP contribution in [0.25, 0.3) is 0 Å². The van der Waals surface area contributed by atoms with Crippen LogP contribution in [0.4, 0.5) is 11.4 Å². The van der Waals surface area contributed by atoms with Crippen molar-refractivity contribution < 1.29 is 14.3 Å². The molecule has 5 heteroatoms. The SMILES string of the molecule is CCOC(=O)c1cccc(N)c1NCCOCC1CC1. The zero-order valence-corrected chi connectivity index (χ0v) is 11.9. The molecule has 3 N–H and O–H groups in total. The third-order valence-electron chi connectivity index (χ3n) is 3.19. The van der Waals surface area contributed by atoms with Crippen molar-refractivity contribution in [3.63, 3.8) is 0 Å². The van der Waals surface area contributed by atoms with E-state index in [0.717, 1.165) is 12.5 Å². The minimum Gasteiger partial charge on any atom is -0.462 e. The highest BCUT2D eigenvalue weighted by Gasteiger charge is 2.21. The lowest BCUT2D eigenvalue weighted by molar-refractivity contribution is 0.0527. The number of para-hydroxylation sites is 1. The molecule has 1 aromatic carbocycles. The fourth-order valence-corrected chi connectivity index (χ4v) is 1.93. The van der Waals surface area contributed by atoms with Crippen molar-refractivity contribution in [1.82, 2.24) is 0 Å². The molecule has 0 saturated heterocycles. The maximum absolute atomic E-state index is 11.9. The average Bonchev–Trinajstić information content (AvgIpc) is 3.24. The van der Waals surface area contributed by atoms with E-state index in [1.165, 1.54) is 12.8 Å². The second kappa shape index (κ2) is 7.14. The van der Waals surface area contributed by atoms with Gasteiger partial charge in [-0.05, 0) is 37.8 Å². The van der Waals surface area contributed by atoms with E-state index in [1.54, 1.807) is 25.1 Å². The van der Waals surface area contributed by atoms with Crippen molar-refractivity contribution in [2.45, 2.75) is 19.8 Å². The molecule has 0 aromatic heterocycles. The zero-order chi connectivity index (χ0) is 14.4. The van der Waals surface area contributed by atoms with Crippen LogP contribution in [-0.2, 0) is 9.47 Å². The number of carbonyl (C=O) groups excluding carboxylic acids is 1. The number of nitrogen functional groups attached to an aromatic ring is 1. The van der Waals surface area contributed by atoms with E-state index < -0.39 is 0 Å². The molecule has 110 valence electrons. The van der Waals surface area contributed by atoms with Crippen molar-refractivity contribution in [2.75, 3.05) is 37.4 Å². The highest BCUT2D eigenvalue weighted by molar-refractivity contribution is 5.98. The first-order valence-electron chi connectivity index (χ1n) is 7.09. The lowest BCUT2D eigenvalue weighted by Gasteiger charge is -2.13. The van der Waals surface area contributed by atoms with Crippen molar-refractivity contribution >= 4 is 17.3 Å². The summed E-state index contributed by atoms with van der Waals surface area (Å²) in [4.78, 5) is 11.9. The van der Waals surface area contributed by atoms with Gasteiger partial charge in [-0.15, -0.1) is 0 Å². The Morgan fingerprint density at radius 3 is 2.95 bits per heavy atom. The molecular formula is C15H22N2O3. The molecule has 1 aliphatic rings. The molecule has 0 amide bonds. The number of carbonyl (C=O) groups is 1.